The van der Waals surface area contributed by atoms with Crippen LogP contribution in [0.3, 0.4) is 0 Å². The number of fused-ring (bicyclic) bond motifs is 1. The van der Waals surface area contributed by atoms with E-state index in [-0.39, 0.29) is 5.97 Å². The quantitative estimate of drug-likeness (QED) is 0.293. The van der Waals surface area contributed by atoms with Gasteiger partial charge in [0.1, 0.15) is 11.2 Å². The molecule has 0 fully saturated rings. The number of unbranched alkanes of at least 4 members (excludes halogenated alkanes) is 2. The van der Waals surface area contributed by atoms with Crippen LogP contribution in [0.5, 0.6) is 5.75 Å². The molecular weight excluding hydrogens is 386 g/mol. The van der Waals surface area contributed by atoms with E-state index in [1.165, 1.54) is 0 Å². The summed E-state index contributed by atoms with van der Waals surface area (Å²) in [5, 5.41) is 12.7. The molecule has 4 heteroatoms. The van der Waals surface area contributed by atoms with E-state index < -0.39 is 5.41 Å². The van der Waals surface area contributed by atoms with E-state index in [4.69, 9.17) is 9.47 Å². The number of nitriles is 1. The Balaban J connectivity index is 1.88. The van der Waals surface area contributed by atoms with Gasteiger partial charge in [0.25, 0.3) is 0 Å². The Kier molecular flexibility index (Phi) is 7.67. The van der Waals surface area contributed by atoms with Crippen molar-refractivity contribution in [2.75, 3.05) is 13.7 Å². The van der Waals surface area contributed by atoms with Gasteiger partial charge in [0, 0.05) is 6.42 Å². The summed E-state index contributed by atoms with van der Waals surface area (Å²) in [7, 11) is 1.64. The number of hydrogen-bond acceptors (Lipinski definition) is 4. The number of esters is 1. The highest BCUT2D eigenvalue weighted by molar-refractivity contribution is 5.83. The smallest absolute Gasteiger partial charge is 0.305 e. The number of hydrogen-bond donors (Lipinski definition) is 0. The Hall–Kier alpha value is -3.32. The highest BCUT2D eigenvalue weighted by Gasteiger charge is 2.34. The Bertz CT molecular complexity index is 1050. The number of carbonyl (C=O) groups is 1. The molecule has 160 valence electrons. The van der Waals surface area contributed by atoms with Gasteiger partial charge in [-0.15, -0.1) is 0 Å². The molecule has 4 nitrogen and oxygen atoms in total. The first-order valence-electron chi connectivity index (χ1n) is 10.8. The Morgan fingerprint density at radius 3 is 2.32 bits per heavy atom. The minimum absolute atomic E-state index is 0.154. The maximum absolute atomic E-state index is 11.6. The molecule has 0 aliphatic rings. The van der Waals surface area contributed by atoms with Crippen molar-refractivity contribution in [2.24, 2.45) is 0 Å². The molecule has 0 amide bonds. The average Bonchev–Trinajstić information content (AvgIpc) is 2.81. The highest BCUT2D eigenvalue weighted by atomic mass is 16.5. The summed E-state index contributed by atoms with van der Waals surface area (Å²) in [6, 6.07) is 24.9. The van der Waals surface area contributed by atoms with Crippen molar-refractivity contribution in [2.45, 2.75) is 44.4 Å². The zero-order valence-electron chi connectivity index (χ0n) is 18.3. The summed E-state index contributed by atoms with van der Waals surface area (Å²) >= 11 is 0. The fourth-order valence-electron chi connectivity index (χ4n) is 4.04. The first-order valence-corrected chi connectivity index (χ1v) is 10.8. The largest absolute Gasteiger partial charge is 0.497 e. The number of rotatable bonds is 10. The third-order valence-corrected chi connectivity index (χ3v) is 5.75. The number of nitrogens with zero attached hydrogens (tertiary/aromatic N) is 1. The summed E-state index contributed by atoms with van der Waals surface area (Å²) in [5.41, 5.74) is 1.18. The lowest BCUT2D eigenvalue weighted by atomic mass is 9.71. The lowest BCUT2D eigenvalue weighted by Gasteiger charge is -2.28. The van der Waals surface area contributed by atoms with Gasteiger partial charge in [0.15, 0.2) is 0 Å². The third kappa shape index (κ3) is 5.24. The lowest BCUT2D eigenvalue weighted by molar-refractivity contribution is -0.143. The molecule has 0 aromatic heterocycles. The van der Waals surface area contributed by atoms with Crippen molar-refractivity contribution in [1.82, 2.24) is 0 Å². The fourth-order valence-corrected chi connectivity index (χ4v) is 4.04. The number of benzene rings is 3. The molecule has 31 heavy (non-hydrogen) atoms. The zero-order chi connectivity index (χ0) is 22.1. The van der Waals surface area contributed by atoms with Gasteiger partial charge in [-0.1, -0.05) is 61.4 Å². The van der Waals surface area contributed by atoms with Gasteiger partial charge >= 0.3 is 5.97 Å². The van der Waals surface area contributed by atoms with Crippen molar-refractivity contribution in [3.63, 3.8) is 0 Å². The van der Waals surface area contributed by atoms with Gasteiger partial charge < -0.3 is 9.47 Å². The standard InChI is InChI=1S/C27H29NO3/c1-3-31-26(29)11-5-4-8-18-27(20-28,23-14-16-25(30-2)17-15-23)24-13-12-21-9-6-7-10-22(21)19-24/h6-7,9-10,12-17,19H,3-5,8,11,18H2,1-2H3. The van der Waals surface area contributed by atoms with Crippen molar-refractivity contribution in [1.29, 1.82) is 5.26 Å². The topological polar surface area (TPSA) is 59.3 Å². The molecule has 3 aromatic carbocycles. The molecule has 1 atom stereocenters. The van der Waals surface area contributed by atoms with Gasteiger partial charge in [-0.05, 0) is 59.9 Å². The van der Waals surface area contributed by atoms with Crippen LogP contribution in [-0.2, 0) is 14.9 Å². The second kappa shape index (κ2) is 10.6. The van der Waals surface area contributed by atoms with E-state index in [2.05, 4.69) is 36.4 Å². The predicted molar refractivity (Wildman–Crippen MR) is 123 cm³/mol. The average molecular weight is 416 g/mol. The molecule has 0 aliphatic carbocycles. The van der Waals surface area contributed by atoms with Gasteiger partial charge in [0.2, 0.25) is 0 Å². The number of carbonyl (C=O) groups excluding carboxylic acids is 1. The van der Waals surface area contributed by atoms with Crippen molar-refractivity contribution < 1.29 is 14.3 Å². The molecule has 3 rings (SSSR count). The first kappa shape index (κ1) is 22.4. The van der Waals surface area contributed by atoms with Crippen molar-refractivity contribution in [3.8, 4) is 11.8 Å². The van der Waals surface area contributed by atoms with Crippen LogP contribution in [0.15, 0.2) is 66.7 Å². The van der Waals surface area contributed by atoms with Crippen molar-refractivity contribution >= 4 is 16.7 Å². The van der Waals surface area contributed by atoms with Crippen LogP contribution in [0.25, 0.3) is 10.8 Å². The van der Waals surface area contributed by atoms with Crippen LogP contribution < -0.4 is 4.74 Å². The van der Waals surface area contributed by atoms with Gasteiger partial charge in [0.05, 0.1) is 19.8 Å². The van der Waals surface area contributed by atoms with E-state index >= 15 is 0 Å². The minimum Gasteiger partial charge on any atom is -0.497 e. The van der Waals surface area contributed by atoms with E-state index in [1.54, 1.807) is 7.11 Å². The Morgan fingerprint density at radius 2 is 1.65 bits per heavy atom. The van der Waals surface area contributed by atoms with E-state index in [0.717, 1.165) is 46.9 Å². The molecule has 0 N–H and O–H groups in total. The molecule has 0 radical (unpaired) electrons. The molecular formula is C27H29NO3. The van der Waals surface area contributed by atoms with Crippen LogP contribution in [-0.4, -0.2) is 19.7 Å². The summed E-state index contributed by atoms with van der Waals surface area (Å²) in [6.45, 7) is 2.23. The fraction of sp³-hybridized carbons (Fsp3) is 0.333. The molecule has 0 saturated carbocycles. The normalized spacial score (nSPS) is 12.7. The monoisotopic (exact) mass is 415 g/mol. The molecule has 0 spiro atoms. The van der Waals surface area contributed by atoms with E-state index in [0.29, 0.717) is 19.4 Å². The Morgan fingerprint density at radius 1 is 0.935 bits per heavy atom. The summed E-state index contributed by atoms with van der Waals surface area (Å²) in [4.78, 5) is 11.6. The maximum atomic E-state index is 11.6. The minimum atomic E-state index is -0.764. The molecule has 1 unspecified atom stereocenters. The summed E-state index contributed by atoms with van der Waals surface area (Å²) < 4.78 is 10.3. The van der Waals surface area contributed by atoms with Crippen LogP contribution in [0.1, 0.15) is 50.2 Å². The molecule has 3 aromatic rings. The summed E-state index contributed by atoms with van der Waals surface area (Å²) in [6.07, 6.45) is 3.57. The first-order chi connectivity index (χ1) is 15.1. The zero-order valence-corrected chi connectivity index (χ0v) is 18.3. The predicted octanol–water partition coefficient (Wildman–Crippen LogP) is 6.17. The molecule has 0 saturated heterocycles. The lowest BCUT2D eigenvalue weighted by Crippen LogP contribution is -2.26. The van der Waals surface area contributed by atoms with Crippen LogP contribution >= 0.6 is 0 Å². The number of ether oxygens (including phenoxy) is 2. The van der Waals surface area contributed by atoms with Crippen LogP contribution in [0.4, 0.5) is 0 Å². The van der Waals surface area contributed by atoms with Gasteiger partial charge in [-0.3, -0.25) is 4.79 Å². The molecule has 0 bridgehead atoms. The highest BCUT2D eigenvalue weighted by Crippen LogP contribution is 2.39. The van der Waals surface area contributed by atoms with E-state index in [9.17, 15) is 10.1 Å². The Labute approximate surface area is 184 Å². The second-order valence-electron chi connectivity index (χ2n) is 7.67. The maximum Gasteiger partial charge on any atom is 0.305 e. The SMILES string of the molecule is CCOC(=O)CCCCCC(C#N)(c1ccc(OC)cc1)c1ccc2ccccc2c1. The molecule has 0 heterocycles. The van der Waals surface area contributed by atoms with Crippen molar-refractivity contribution in [3.05, 3.63) is 77.9 Å². The van der Waals surface area contributed by atoms with Gasteiger partial charge in [-0.25, -0.2) is 0 Å². The van der Waals surface area contributed by atoms with Crippen LogP contribution in [0.2, 0.25) is 0 Å². The molecule has 0 aliphatic heterocycles. The third-order valence-electron chi connectivity index (χ3n) is 5.75. The number of methoxy groups -OCH3 is 1. The van der Waals surface area contributed by atoms with E-state index in [1.807, 2.05) is 43.3 Å². The second-order valence-corrected chi connectivity index (χ2v) is 7.67. The van der Waals surface area contributed by atoms with Crippen LogP contribution in [0, 0.1) is 11.3 Å². The summed E-state index contributed by atoms with van der Waals surface area (Å²) in [5.74, 6) is 0.613. The van der Waals surface area contributed by atoms with Gasteiger partial charge in [-0.2, -0.15) is 5.26 Å².